The molecule has 0 bridgehead atoms. The zero-order chi connectivity index (χ0) is 12.8. The van der Waals surface area contributed by atoms with E-state index in [1.807, 2.05) is 13.1 Å². The molecule has 0 unspecified atom stereocenters. The van der Waals surface area contributed by atoms with Crippen LogP contribution in [0.4, 0.5) is 0 Å². The summed E-state index contributed by atoms with van der Waals surface area (Å²) in [6.45, 7) is 4.38. The lowest BCUT2D eigenvalue weighted by Gasteiger charge is -2.00. The minimum atomic E-state index is 0.719. The van der Waals surface area contributed by atoms with Crippen molar-refractivity contribution in [3.63, 3.8) is 0 Å². The van der Waals surface area contributed by atoms with Gasteiger partial charge in [-0.3, -0.25) is 0 Å². The van der Waals surface area contributed by atoms with Crippen LogP contribution in [0.1, 0.15) is 10.9 Å². The zero-order valence-electron chi connectivity index (χ0n) is 10.6. The summed E-state index contributed by atoms with van der Waals surface area (Å²) in [7, 11) is 1.69. The van der Waals surface area contributed by atoms with Crippen LogP contribution in [-0.2, 0) is 11.2 Å². The number of rotatable bonds is 7. The molecule has 0 fully saturated rings. The van der Waals surface area contributed by atoms with Crippen LogP contribution in [0.3, 0.4) is 0 Å². The third kappa shape index (κ3) is 3.63. The van der Waals surface area contributed by atoms with Gasteiger partial charge in [0.1, 0.15) is 0 Å². The predicted molar refractivity (Wildman–Crippen MR) is 70.8 cm³/mol. The van der Waals surface area contributed by atoms with E-state index >= 15 is 0 Å². The molecule has 18 heavy (non-hydrogen) atoms. The Kier molecular flexibility index (Phi) is 4.86. The highest BCUT2D eigenvalue weighted by Gasteiger charge is 2.08. The molecule has 0 saturated heterocycles. The van der Waals surface area contributed by atoms with Gasteiger partial charge < -0.3 is 14.5 Å². The van der Waals surface area contributed by atoms with Gasteiger partial charge in [0.05, 0.1) is 22.7 Å². The van der Waals surface area contributed by atoms with Crippen LogP contribution in [0.25, 0.3) is 10.6 Å². The van der Waals surface area contributed by atoms with Crippen LogP contribution in [0.15, 0.2) is 16.8 Å². The van der Waals surface area contributed by atoms with Crippen LogP contribution in [0.5, 0.6) is 0 Å². The predicted octanol–water partition coefficient (Wildman–Crippen LogP) is 1.89. The molecule has 2 aromatic rings. The monoisotopic (exact) mass is 267 g/mol. The van der Waals surface area contributed by atoms with Crippen molar-refractivity contribution in [1.82, 2.24) is 15.3 Å². The van der Waals surface area contributed by atoms with Crippen LogP contribution < -0.4 is 5.32 Å². The maximum atomic E-state index is 5.68. The van der Waals surface area contributed by atoms with Gasteiger partial charge in [0, 0.05) is 32.8 Å². The molecule has 6 heteroatoms. The van der Waals surface area contributed by atoms with Crippen molar-refractivity contribution in [3.8, 4) is 10.6 Å². The van der Waals surface area contributed by atoms with Crippen molar-refractivity contribution >= 4 is 11.3 Å². The summed E-state index contributed by atoms with van der Waals surface area (Å²) < 4.78 is 10.6. The number of thiazole rings is 1. The van der Waals surface area contributed by atoms with Gasteiger partial charge in [-0.1, -0.05) is 0 Å². The third-order valence-corrected chi connectivity index (χ3v) is 3.34. The van der Waals surface area contributed by atoms with Gasteiger partial charge in [0.25, 0.3) is 0 Å². The molecule has 0 spiro atoms. The number of hydrogen-bond donors (Lipinski definition) is 1. The summed E-state index contributed by atoms with van der Waals surface area (Å²) >= 11 is 1.61. The normalized spacial score (nSPS) is 11.0. The minimum absolute atomic E-state index is 0.719. The molecule has 5 nitrogen and oxygen atoms in total. The van der Waals surface area contributed by atoms with Gasteiger partial charge in [0.15, 0.2) is 11.7 Å². The van der Waals surface area contributed by atoms with Gasteiger partial charge in [0.2, 0.25) is 0 Å². The van der Waals surface area contributed by atoms with Crippen molar-refractivity contribution < 1.29 is 9.15 Å². The van der Waals surface area contributed by atoms with Crippen molar-refractivity contribution in [2.45, 2.75) is 13.3 Å². The molecule has 1 N–H and O–H groups in total. The Balaban J connectivity index is 1.83. The molecular formula is C12H17N3O2S. The van der Waals surface area contributed by atoms with E-state index in [1.54, 1.807) is 24.6 Å². The number of ether oxygens (including phenoxy) is 1. The van der Waals surface area contributed by atoms with E-state index in [2.05, 4.69) is 15.3 Å². The van der Waals surface area contributed by atoms with Crippen LogP contribution >= 0.6 is 11.3 Å². The van der Waals surface area contributed by atoms with Crippen molar-refractivity contribution in [2.24, 2.45) is 0 Å². The van der Waals surface area contributed by atoms with Crippen molar-refractivity contribution in [2.75, 3.05) is 26.8 Å². The first-order chi connectivity index (χ1) is 8.79. The van der Waals surface area contributed by atoms with Gasteiger partial charge in [-0.25, -0.2) is 9.97 Å². The van der Waals surface area contributed by atoms with E-state index in [4.69, 9.17) is 9.15 Å². The van der Waals surface area contributed by atoms with Crippen molar-refractivity contribution in [1.29, 1.82) is 0 Å². The highest BCUT2D eigenvalue weighted by molar-refractivity contribution is 7.14. The number of oxazole rings is 1. The highest BCUT2D eigenvalue weighted by Crippen LogP contribution is 2.26. The summed E-state index contributed by atoms with van der Waals surface area (Å²) in [5.41, 5.74) is 0. The fourth-order valence-electron chi connectivity index (χ4n) is 1.51. The molecule has 0 atom stereocenters. The van der Waals surface area contributed by atoms with E-state index < -0.39 is 0 Å². The second-order valence-electron chi connectivity index (χ2n) is 3.85. The van der Waals surface area contributed by atoms with E-state index in [0.717, 1.165) is 47.7 Å². The molecule has 0 amide bonds. The number of aryl methyl sites for hydroxylation is 1. The van der Waals surface area contributed by atoms with Crippen LogP contribution in [0.2, 0.25) is 0 Å². The Morgan fingerprint density at radius 2 is 2.22 bits per heavy atom. The maximum Gasteiger partial charge on any atom is 0.196 e. The Bertz CT molecular complexity index is 481. The van der Waals surface area contributed by atoms with Gasteiger partial charge in [-0.15, -0.1) is 11.3 Å². The Morgan fingerprint density at radius 3 is 2.94 bits per heavy atom. The summed E-state index contributed by atoms with van der Waals surface area (Å²) in [6.07, 6.45) is 4.36. The molecule has 0 aliphatic carbocycles. The summed E-state index contributed by atoms with van der Waals surface area (Å²) in [5.74, 6) is 1.55. The van der Waals surface area contributed by atoms with Gasteiger partial charge in [-0.05, 0) is 6.92 Å². The number of methoxy groups -OCH3 is 1. The van der Waals surface area contributed by atoms with E-state index in [0.29, 0.717) is 0 Å². The second kappa shape index (κ2) is 6.63. The fraction of sp³-hybridized carbons (Fsp3) is 0.500. The number of nitrogens with zero attached hydrogens (tertiary/aromatic N) is 2. The maximum absolute atomic E-state index is 5.68. The lowest BCUT2D eigenvalue weighted by Crippen LogP contribution is -2.21. The number of hydrogen-bond acceptors (Lipinski definition) is 6. The molecule has 2 rings (SSSR count). The molecule has 2 aromatic heterocycles. The third-order valence-electron chi connectivity index (χ3n) is 2.42. The largest absolute Gasteiger partial charge is 0.440 e. The minimum Gasteiger partial charge on any atom is -0.440 e. The molecule has 0 saturated carbocycles. The topological polar surface area (TPSA) is 60.2 Å². The Hall–Kier alpha value is -1.24. The summed E-state index contributed by atoms with van der Waals surface area (Å²) in [6, 6.07) is 0. The first kappa shape index (κ1) is 13.2. The van der Waals surface area contributed by atoms with Crippen LogP contribution in [-0.4, -0.2) is 36.8 Å². The van der Waals surface area contributed by atoms with E-state index in [9.17, 15) is 0 Å². The average molecular weight is 267 g/mol. The molecular weight excluding hydrogens is 250 g/mol. The molecule has 0 aliphatic heterocycles. The quantitative estimate of drug-likeness (QED) is 0.776. The van der Waals surface area contributed by atoms with Gasteiger partial charge >= 0.3 is 0 Å². The number of nitrogens with one attached hydrogen (secondary N) is 1. The molecule has 2 heterocycles. The Labute approximate surface area is 110 Å². The highest BCUT2D eigenvalue weighted by atomic mass is 32.1. The zero-order valence-corrected chi connectivity index (χ0v) is 11.4. The van der Waals surface area contributed by atoms with E-state index in [1.165, 1.54) is 0 Å². The molecule has 0 aromatic carbocycles. The Morgan fingerprint density at radius 1 is 1.33 bits per heavy atom. The SMILES string of the molecule is COCCNCCc1ncc(-c2cnc(C)s2)o1. The van der Waals surface area contributed by atoms with Crippen molar-refractivity contribution in [3.05, 3.63) is 23.3 Å². The molecule has 0 radical (unpaired) electrons. The fourth-order valence-corrected chi connectivity index (χ4v) is 2.23. The first-order valence-electron chi connectivity index (χ1n) is 5.87. The van der Waals surface area contributed by atoms with Crippen LogP contribution in [0, 0.1) is 6.92 Å². The van der Waals surface area contributed by atoms with E-state index in [-0.39, 0.29) is 0 Å². The molecule has 0 aliphatic rings. The summed E-state index contributed by atoms with van der Waals surface area (Å²) in [5, 5.41) is 4.28. The lowest BCUT2D eigenvalue weighted by atomic mass is 10.4. The smallest absolute Gasteiger partial charge is 0.196 e. The summed E-state index contributed by atoms with van der Waals surface area (Å²) in [4.78, 5) is 9.49. The molecule has 98 valence electrons. The number of aromatic nitrogens is 2. The van der Waals surface area contributed by atoms with Gasteiger partial charge in [-0.2, -0.15) is 0 Å². The lowest BCUT2D eigenvalue weighted by molar-refractivity contribution is 0.199. The first-order valence-corrected chi connectivity index (χ1v) is 6.68. The standard InChI is InChI=1S/C12H17N3O2S/c1-9-14-8-11(18-9)10-7-15-12(17-10)3-4-13-5-6-16-2/h7-8,13H,3-6H2,1-2H3. The second-order valence-corrected chi connectivity index (χ2v) is 5.09. The average Bonchev–Trinajstić information content (AvgIpc) is 2.97.